The van der Waals surface area contributed by atoms with E-state index in [1.54, 1.807) is 32.0 Å². The Bertz CT molecular complexity index is 653. The number of carbonyl (C=O) groups is 1. The largest absolute Gasteiger partial charge is 0.462 e. The normalized spacial score (nSPS) is 10.4. The van der Waals surface area contributed by atoms with Crippen molar-refractivity contribution in [2.45, 2.75) is 20.8 Å². The van der Waals surface area contributed by atoms with Gasteiger partial charge in [0.05, 0.1) is 17.9 Å². The van der Waals surface area contributed by atoms with Crippen molar-refractivity contribution >= 4 is 5.97 Å². The average Bonchev–Trinajstić information content (AvgIpc) is 2.39. The molecular formula is C16H16FNO2. The van der Waals surface area contributed by atoms with Gasteiger partial charge in [-0.25, -0.2) is 9.18 Å². The summed E-state index contributed by atoms with van der Waals surface area (Å²) in [4.78, 5) is 16.3. The van der Waals surface area contributed by atoms with Crippen LogP contribution in [-0.4, -0.2) is 17.6 Å². The molecule has 1 aromatic heterocycles. The second-order valence-electron chi connectivity index (χ2n) is 4.49. The number of aryl methyl sites for hydroxylation is 2. The number of benzene rings is 1. The minimum atomic E-state index is -0.407. The lowest BCUT2D eigenvalue weighted by Gasteiger charge is -2.11. The Morgan fingerprint density at radius 3 is 2.65 bits per heavy atom. The van der Waals surface area contributed by atoms with Gasteiger partial charge in [0.25, 0.3) is 0 Å². The molecule has 0 N–H and O–H groups in total. The van der Waals surface area contributed by atoms with Gasteiger partial charge in [-0.1, -0.05) is 12.1 Å². The van der Waals surface area contributed by atoms with Crippen molar-refractivity contribution < 1.29 is 13.9 Å². The first-order chi connectivity index (χ1) is 9.52. The summed E-state index contributed by atoms with van der Waals surface area (Å²) in [5.74, 6) is -0.727. The monoisotopic (exact) mass is 273 g/mol. The predicted octanol–water partition coefficient (Wildman–Crippen LogP) is 3.68. The highest BCUT2D eigenvalue weighted by molar-refractivity contribution is 5.92. The molecule has 20 heavy (non-hydrogen) atoms. The van der Waals surface area contributed by atoms with Gasteiger partial charge in [0.1, 0.15) is 5.82 Å². The molecule has 1 heterocycles. The summed E-state index contributed by atoms with van der Waals surface area (Å²) in [6.45, 7) is 5.65. The van der Waals surface area contributed by atoms with Crippen LogP contribution in [0, 0.1) is 19.7 Å². The summed E-state index contributed by atoms with van der Waals surface area (Å²) in [5, 5.41) is 0. The molecule has 104 valence electrons. The van der Waals surface area contributed by atoms with Crippen molar-refractivity contribution in [2.24, 2.45) is 0 Å². The van der Waals surface area contributed by atoms with Gasteiger partial charge in [0, 0.05) is 11.3 Å². The van der Waals surface area contributed by atoms with Crippen molar-refractivity contribution in [3.63, 3.8) is 0 Å². The van der Waals surface area contributed by atoms with Gasteiger partial charge in [-0.2, -0.15) is 0 Å². The fraction of sp³-hybridized carbons (Fsp3) is 0.250. The van der Waals surface area contributed by atoms with Crippen molar-refractivity contribution in [2.75, 3.05) is 6.61 Å². The van der Waals surface area contributed by atoms with E-state index in [1.165, 1.54) is 12.1 Å². The molecule has 3 nitrogen and oxygen atoms in total. The van der Waals surface area contributed by atoms with Gasteiger partial charge in [0.2, 0.25) is 0 Å². The van der Waals surface area contributed by atoms with Crippen molar-refractivity contribution in [3.8, 4) is 11.1 Å². The Morgan fingerprint density at radius 2 is 2.00 bits per heavy atom. The molecule has 4 heteroatoms. The summed E-state index contributed by atoms with van der Waals surface area (Å²) < 4.78 is 18.3. The minimum Gasteiger partial charge on any atom is -0.462 e. The number of hydrogen-bond acceptors (Lipinski definition) is 3. The van der Waals surface area contributed by atoms with Crippen LogP contribution in [0.25, 0.3) is 11.1 Å². The van der Waals surface area contributed by atoms with E-state index in [0.717, 1.165) is 11.3 Å². The van der Waals surface area contributed by atoms with Gasteiger partial charge in [-0.15, -0.1) is 0 Å². The maximum absolute atomic E-state index is 13.3. The van der Waals surface area contributed by atoms with E-state index in [4.69, 9.17) is 4.74 Å². The summed E-state index contributed by atoms with van der Waals surface area (Å²) in [6.07, 6.45) is 0. The number of halogens is 1. The fourth-order valence-electron chi connectivity index (χ4n) is 2.09. The van der Waals surface area contributed by atoms with Gasteiger partial charge < -0.3 is 4.74 Å². The molecule has 0 spiro atoms. The summed E-state index contributed by atoms with van der Waals surface area (Å²) in [6, 6.07) is 7.94. The molecule has 0 bridgehead atoms. The lowest BCUT2D eigenvalue weighted by atomic mass is 10.0. The summed E-state index contributed by atoms with van der Waals surface area (Å²) in [7, 11) is 0. The molecule has 0 amide bonds. The van der Waals surface area contributed by atoms with Crippen LogP contribution in [0.15, 0.2) is 30.3 Å². The van der Waals surface area contributed by atoms with Crippen LogP contribution in [0.1, 0.15) is 28.7 Å². The van der Waals surface area contributed by atoms with Crippen molar-refractivity contribution in [3.05, 3.63) is 53.1 Å². The number of ether oxygens (including phenoxy) is 1. The van der Waals surface area contributed by atoms with E-state index >= 15 is 0 Å². The van der Waals surface area contributed by atoms with Gasteiger partial charge in [-0.05, 0) is 44.5 Å². The van der Waals surface area contributed by atoms with Gasteiger partial charge in [-0.3, -0.25) is 4.98 Å². The van der Waals surface area contributed by atoms with Crippen LogP contribution in [0.4, 0.5) is 4.39 Å². The van der Waals surface area contributed by atoms with E-state index in [1.807, 2.05) is 6.92 Å². The average molecular weight is 273 g/mol. The van der Waals surface area contributed by atoms with Gasteiger partial charge in [0.15, 0.2) is 0 Å². The second kappa shape index (κ2) is 5.82. The fourth-order valence-corrected chi connectivity index (χ4v) is 2.09. The molecule has 1 aromatic carbocycles. The second-order valence-corrected chi connectivity index (χ2v) is 4.49. The standard InChI is InChI=1S/C16H16FNO2/c1-4-20-16(19)15-9-14(10(2)18-11(15)3)12-6-5-7-13(17)8-12/h5-9H,4H2,1-3H3. The first-order valence-corrected chi connectivity index (χ1v) is 6.44. The van der Waals surface area contributed by atoms with Crippen LogP contribution >= 0.6 is 0 Å². The Morgan fingerprint density at radius 1 is 1.25 bits per heavy atom. The quantitative estimate of drug-likeness (QED) is 0.801. The number of pyridine rings is 1. The third kappa shape index (κ3) is 2.85. The van der Waals surface area contributed by atoms with E-state index in [-0.39, 0.29) is 5.82 Å². The Kier molecular flexibility index (Phi) is 4.13. The number of aromatic nitrogens is 1. The highest BCUT2D eigenvalue weighted by atomic mass is 19.1. The molecule has 0 fully saturated rings. The maximum Gasteiger partial charge on any atom is 0.339 e. The smallest absolute Gasteiger partial charge is 0.339 e. The Hall–Kier alpha value is -2.23. The van der Waals surface area contributed by atoms with Crippen LogP contribution < -0.4 is 0 Å². The van der Waals surface area contributed by atoms with Crippen LogP contribution in [0.3, 0.4) is 0 Å². The number of esters is 1. The number of rotatable bonds is 3. The molecule has 0 aliphatic rings. The molecule has 0 atom stereocenters. The third-order valence-corrected chi connectivity index (χ3v) is 3.03. The highest BCUT2D eigenvalue weighted by Gasteiger charge is 2.15. The lowest BCUT2D eigenvalue weighted by molar-refractivity contribution is 0.0525. The first-order valence-electron chi connectivity index (χ1n) is 6.44. The SMILES string of the molecule is CCOC(=O)c1cc(-c2cccc(F)c2)c(C)nc1C. The Labute approximate surface area is 117 Å². The maximum atomic E-state index is 13.3. The number of carbonyl (C=O) groups excluding carboxylic acids is 1. The molecule has 2 aromatic rings. The van der Waals surface area contributed by atoms with E-state index in [2.05, 4.69) is 4.98 Å². The topological polar surface area (TPSA) is 39.2 Å². The summed E-state index contributed by atoms with van der Waals surface area (Å²) >= 11 is 0. The van der Waals surface area contributed by atoms with E-state index < -0.39 is 5.97 Å². The zero-order valence-electron chi connectivity index (χ0n) is 11.7. The molecule has 0 aliphatic heterocycles. The zero-order chi connectivity index (χ0) is 14.7. The molecule has 0 aliphatic carbocycles. The van der Waals surface area contributed by atoms with Crippen molar-refractivity contribution in [1.82, 2.24) is 4.98 Å². The van der Waals surface area contributed by atoms with E-state index in [9.17, 15) is 9.18 Å². The zero-order valence-corrected chi connectivity index (χ0v) is 11.7. The molecule has 0 unspecified atom stereocenters. The van der Waals surface area contributed by atoms with Crippen LogP contribution in [0.2, 0.25) is 0 Å². The van der Waals surface area contributed by atoms with Crippen molar-refractivity contribution in [1.29, 1.82) is 0 Å². The molecule has 0 saturated heterocycles. The lowest BCUT2D eigenvalue weighted by Crippen LogP contribution is -2.09. The molecular weight excluding hydrogens is 257 g/mol. The van der Waals surface area contributed by atoms with Gasteiger partial charge >= 0.3 is 5.97 Å². The number of hydrogen-bond donors (Lipinski definition) is 0. The molecule has 2 rings (SSSR count). The van der Waals surface area contributed by atoms with E-state index in [0.29, 0.717) is 23.4 Å². The Balaban J connectivity index is 2.54. The minimum absolute atomic E-state index is 0.307. The highest BCUT2D eigenvalue weighted by Crippen LogP contribution is 2.25. The number of nitrogens with zero attached hydrogens (tertiary/aromatic N) is 1. The third-order valence-electron chi connectivity index (χ3n) is 3.03. The summed E-state index contributed by atoms with van der Waals surface area (Å²) in [5.41, 5.74) is 3.21. The molecule has 0 saturated carbocycles. The van der Waals surface area contributed by atoms with Crippen LogP contribution in [0.5, 0.6) is 0 Å². The predicted molar refractivity (Wildman–Crippen MR) is 75.1 cm³/mol. The first kappa shape index (κ1) is 14.2. The molecule has 0 radical (unpaired) electrons. The van der Waals surface area contributed by atoms with Crippen LogP contribution in [-0.2, 0) is 4.74 Å².